The van der Waals surface area contributed by atoms with Gasteiger partial charge in [0.25, 0.3) is 30.4 Å². The summed E-state index contributed by atoms with van der Waals surface area (Å²) >= 11 is 0. The first kappa shape index (κ1) is 58.4. The first-order valence-corrected chi connectivity index (χ1v) is 30.7. The molecule has 4 N–H and O–H groups in total. The van der Waals surface area contributed by atoms with Crippen molar-refractivity contribution in [2.24, 2.45) is 5.41 Å². The Morgan fingerprint density at radius 3 is 1.82 bits per heavy atom. The maximum Gasteiger partial charge on any atom is 0.303 e. The minimum Gasteiger partial charge on any atom is -0.481 e. The van der Waals surface area contributed by atoms with Gasteiger partial charge in [0.1, 0.15) is 12.0 Å². The molecule has 22 heteroatoms. The van der Waals surface area contributed by atoms with Crippen LogP contribution in [0.3, 0.4) is 0 Å². The molecule has 0 saturated carbocycles. The smallest absolute Gasteiger partial charge is 0.303 e. The van der Waals surface area contributed by atoms with Gasteiger partial charge >= 0.3 is 5.97 Å². The summed E-state index contributed by atoms with van der Waals surface area (Å²) in [4.78, 5) is 43.2. The molecule has 0 radical (unpaired) electrons. The van der Waals surface area contributed by atoms with Gasteiger partial charge in [-0.1, -0.05) is 92.7 Å². The summed E-state index contributed by atoms with van der Waals surface area (Å²) in [6.07, 6.45) is 8.43. The number of anilines is 1. The van der Waals surface area contributed by atoms with Gasteiger partial charge < -0.3 is 10.0 Å². The third-order valence-electron chi connectivity index (χ3n) is 14.4. The molecular weight excluding hydrogens is 1070 g/mol. The Bertz CT molecular complexity index is 3590. The number of carbonyl (C=O) groups excluding carboxylic acids is 2. The van der Waals surface area contributed by atoms with Crippen molar-refractivity contribution in [3.05, 3.63) is 167 Å². The minimum atomic E-state index is -4.64. The molecule has 3 aliphatic rings. The fourth-order valence-corrected chi connectivity index (χ4v) is 13.2. The second kappa shape index (κ2) is 22.2. The van der Waals surface area contributed by atoms with Gasteiger partial charge in [0, 0.05) is 78.6 Å². The van der Waals surface area contributed by atoms with Gasteiger partial charge in [0.2, 0.25) is 15.7 Å². The monoisotopic (exact) mass is 1130 g/mol. The Labute approximate surface area is 450 Å². The largest absolute Gasteiger partial charge is 0.481 e. The summed E-state index contributed by atoms with van der Waals surface area (Å²) < 4.78 is 133. The van der Waals surface area contributed by atoms with Gasteiger partial charge in [-0.05, 0) is 92.6 Å². The van der Waals surface area contributed by atoms with Gasteiger partial charge in [-0.3, -0.25) is 28.0 Å². The lowest BCUT2D eigenvalue weighted by atomic mass is 9.64. The van der Waals surface area contributed by atoms with Gasteiger partial charge in [-0.15, -0.1) is 0 Å². The molecule has 2 aliphatic heterocycles. The average Bonchev–Trinajstić information content (AvgIpc) is 3.70. The molecule has 0 saturated heterocycles. The highest BCUT2D eigenvalue weighted by Crippen LogP contribution is 2.50. The lowest BCUT2D eigenvalue weighted by Crippen LogP contribution is -2.42. The molecule has 1 aliphatic carbocycles. The third-order valence-corrected chi connectivity index (χ3v) is 18.7. The minimum absolute atomic E-state index is 0.0350. The Balaban J connectivity index is 1.41. The third kappa shape index (κ3) is 12.9. The van der Waals surface area contributed by atoms with E-state index in [1.807, 2.05) is 38.3 Å². The normalized spacial score (nSPS) is 18.2. The first-order chi connectivity index (χ1) is 35.9. The number of carboxylic acid groups (broad SMARTS) is 1. The van der Waals surface area contributed by atoms with Crippen molar-refractivity contribution < 1.29 is 71.4 Å². The second-order valence-electron chi connectivity index (χ2n) is 20.5. The highest BCUT2D eigenvalue weighted by molar-refractivity contribution is 7.89. The number of benzene rings is 4. The summed E-state index contributed by atoms with van der Waals surface area (Å²) in [5.74, 6) is -3.14. The van der Waals surface area contributed by atoms with Crippen LogP contribution in [0.1, 0.15) is 98.1 Å². The van der Waals surface area contributed by atoms with E-state index in [9.17, 15) is 52.1 Å². The Morgan fingerprint density at radius 2 is 1.25 bits per heavy atom. The molecule has 77 heavy (non-hydrogen) atoms. The fraction of sp³-hybridized carbons (Fsp3) is 0.345. The van der Waals surface area contributed by atoms with Crippen LogP contribution in [0.5, 0.6) is 0 Å². The van der Waals surface area contributed by atoms with E-state index in [0.29, 0.717) is 45.1 Å². The van der Waals surface area contributed by atoms with E-state index < -0.39 is 85.7 Å². The Kier molecular flexibility index (Phi) is 16.9. The molecule has 0 spiro atoms. The van der Waals surface area contributed by atoms with Crippen molar-refractivity contribution in [3.8, 4) is 0 Å². The molecule has 0 fully saturated rings. The van der Waals surface area contributed by atoms with Crippen molar-refractivity contribution in [2.75, 3.05) is 43.1 Å². The highest BCUT2D eigenvalue weighted by Gasteiger charge is 2.50. The predicted octanol–water partition coefficient (Wildman–Crippen LogP) is 7.99. The number of aliphatic carboxylic acids is 1. The summed E-state index contributed by atoms with van der Waals surface area (Å²) in [6.45, 7) is 7.41. The standard InChI is InChI=1S/C55H61N3O15S4/c1-53(2)44-34-42(76(69,70)56(5)28-12-19-50(59)60)22-24-46(44)57(29-13-31-74(63,64)65)48(53)26-20-38-33-39(37-55(36-38,51(61)40-15-8-6-9-16-40)52(62)41-17-10-7-11-18-41)21-27-49-54(3,4)45-35-43(77(71,72)73)23-25-47(45)58(49)30-14-32-75(66,67)68/h6-11,15-18,20-27,33-35H,12-14,19,28-32,36-37H2,1-5H3,(H3-,59,60,63,64,65,66,67,68,71,72,73)/p+1. The van der Waals surface area contributed by atoms with E-state index in [0.717, 1.165) is 4.31 Å². The van der Waals surface area contributed by atoms with E-state index in [1.165, 1.54) is 37.4 Å². The van der Waals surface area contributed by atoms with Crippen LogP contribution in [-0.2, 0) is 56.0 Å². The van der Waals surface area contributed by atoms with Gasteiger partial charge in [-0.25, -0.2) is 12.7 Å². The number of fused-ring (bicyclic) bond motifs is 2. The van der Waals surface area contributed by atoms with Crippen LogP contribution >= 0.6 is 0 Å². The van der Waals surface area contributed by atoms with E-state index >= 15 is 9.59 Å². The molecule has 0 aromatic heterocycles. The quantitative estimate of drug-likeness (QED) is 0.0251. The number of rotatable bonds is 22. The van der Waals surface area contributed by atoms with E-state index in [1.54, 1.807) is 95.9 Å². The average molecular weight is 1130 g/mol. The van der Waals surface area contributed by atoms with Crippen LogP contribution in [0.25, 0.3) is 0 Å². The Hall–Kier alpha value is -6.24. The molecule has 0 unspecified atom stereocenters. The predicted molar refractivity (Wildman–Crippen MR) is 291 cm³/mol. The van der Waals surface area contributed by atoms with Crippen LogP contribution in [-0.4, -0.2) is 123 Å². The number of carboxylic acids is 1. The van der Waals surface area contributed by atoms with Crippen LogP contribution in [0.4, 0.5) is 11.4 Å². The first-order valence-electron chi connectivity index (χ1n) is 24.6. The fourth-order valence-electron chi connectivity index (χ4n) is 10.5. The molecule has 410 valence electrons. The number of hydrogen-bond acceptors (Lipinski definition) is 12. The van der Waals surface area contributed by atoms with E-state index in [2.05, 4.69) is 0 Å². The lowest BCUT2D eigenvalue weighted by Gasteiger charge is -2.35. The molecule has 0 atom stereocenters. The molecule has 2 heterocycles. The van der Waals surface area contributed by atoms with Crippen LogP contribution in [0.2, 0.25) is 0 Å². The summed E-state index contributed by atoms with van der Waals surface area (Å²) in [6, 6.07) is 25.4. The van der Waals surface area contributed by atoms with Crippen LogP contribution in [0.15, 0.2) is 154 Å². The van der Waals surface area contributed by atoms with Crippen molar-refractivity contribution in [1.29, 1.82) is 0 Å². The summed E-state index contributed by atoms with van der Waals surface area (Å²) in [7, 11) is -16.2. The van der Waals surface area contributed by atoms with Gasteiger partial charge in [-0.2, -0.15) is 29.8 Å². The Morgan fingerprint density at radius 1 is 0.675 bits per heavy atom. The van der Waals surface area contributed by atoms with Gasteiger partial charge in [0.15, 0.2) is 17.3 Å². The van der Waals surface area contributed by atoms with E-state index in [-0.39, 0.29) is 79.1 Å². The number of nitrogens with zero attached hydrogens (tertiary/aromatic N) is 3. The molecule has 7 rings (SSSR count). The van der Waals surface area contributed by atoms with Crippen molar-refractivity contribution >= 4 is 75.0 Å². The van der Waals surface area contributed by atoms with Crippen molar-refractivity contribution in [2.45, 2.75) is 86.8 Å². The highest BCUT2D eigenvalue weighted by atomic mass is 32.2. The number of carbonyl (C=O) groups is 3. The van der Waals surface area contributed by atoms with Crippen molar-refractivity contribution in [1.82, 2.24) is 4.31 Å². The number of hydrogen-bond donors (Lipinski definition) is 4. The number of sulfonamides is 1. The number of ketones is 2. The lowest BCUT2D eigenvalue weighted by molar-refractivity contribution is -0.437. The zero-order valence-corrected chi connectivity index (χ0v) is 46.4. The molecule has 4 aromatic carbocycles. The van der Waals surface area contributed by atoms with Gasteiger partial charge in [0.05, 0.1) is 26.7 Å². The topological polar surface area (TPSA) is 278 Å². The molecule has 0 amide bonds. The van der Waals surface area contributed by atoms with Crippen LogP contribution < -0.4 is 4.90 Å². The van der Waals surface area contributed by atoms with Crippen LogP contribution in [0, 0.1) is 5.41 Å². The second-order valence-corrected chi connectivity index (χ2v) is 27.2. The zero-order valence-electron chi connectivity index (χ0n) is 43.2. The summed E-state index contributed by atoms with van der Waals surface area (Å²) in [5.41, 5.74) is 1.10. The van der Waals surface area contributed by atoms with Crippen molar-refractivity contribution in [3.63, 3.8) is 0 Å². The number of Topliss-reactive ketones (excluding diaryl/α,β-unsaturated/α-hetero) is 2. The molecule has 4 aromatic rings. The maximum atomic E-state index is 15.3. The maximum absolute atomic E-state index is 15.3. The summed E-state index contributed by atoms with van der Waals surface area (Å²) in [5, 5.41) is 9.15. The SMILES string of the molecule is CN(CCCC(=O)O)S(=O)(=O)c1ccc2c(c1)C(C)(C)C(/C=C/C1=CC(=C/C=C3/N(CCCS(=O)(=O)O)c4ccc(S(=O)(=O)O)cc4C3(C)C)/CC(C(=O)c3ccccc3)(C(=O)c3ccccc3)C1)=[N+]2CCCS(=O)(=O)O. The number of allylic oxidation sites excluding steroid dienone is 8. The molecular formula is C55H62N3O15S4+. The molecule has 18 nitrogen and oxygen atoms in total. The molecule has 0 bridgehead atoms. The zero-order chi connectivity index (χ0) is 56.5. The van der Waals surface area contributed by atoms with E-state index in [4.69, 9.17) is 5.11 Å².